The van der Waals surface area contributed by atoms with E-state index in [2.05, 4.69) is 5.32 Å². The summed E-state index contributed by atoms with van der Waals surface area (Å²) < 4.78 is 5.83. The Balaban J connectivity index is 1.73. The van der Waals surface area contributed by atoms with Crippen LogP contribution < -0.4 is 15.0 Å². The van der Waals surface area contributed by atoms with Crippen molar-refractivity contribution in [2.24, 2.45) is 0 Å². The molecule has 2 rings (SSSR count). The SMILES string of the molecule is Cc1cc(OCCC[NH+]2CC[NH2+]CC2)cc(C)c1Cl. The van der Waals surface area contributed by atoms with Gasteiger partial charge < -0.3 is 15.0 Å². The molecule has 0 unspecified atom stereocenters. The first kappa shape index (κ1) is 14.6. The van der Waals surface area contributed by atoms with Gasteiger partial charge in [0.15, 0.2) is 0 Å². The van der Waals surface area contributed by atoms with Crippen molar-refractivity contribution in [3.8, 4) is 5.75 Å². The summed E-state index contributed by atoms with van der Waals surface area (Å²) in [7, 11) is 0. The van der Waals surface area contributed by atoms with Crippen molar-refractivity contribution >= 4 is 11.6 Å². The summed E-state index contributed by atoms with van der Waals surface area (Å²) in [6.45, 7) is 11.2. The van der Waals surface area contributed by atoms with Gasteiger partial charge in [-0.2, -0.15) is 0 Å². The Morgan fingerprint density at radius 3 is 2.47 bits per heavy atom. The monoisotopic (exact) mass is 284 g/mol. The van der Waals surface area contributed by atoms with Crippen LogP contribution in [0.15, 0.2) is 12.1 Å². The largest absolute Gasteiger partial charge is 0.493 e. The van der Waals surface area contributed by atoms with Crippen molar-refractivity contribution in [1.29, 1.82) is 0 Å². The summed E-state index contributed by atoms with van der Waals surface area (Å²) in [6.07, 6.45) is 1.12. The molecule has 0 bridgehead atoms. The van der Waals surface area contributed by atoms with Crippen LogP contribution in [0.5, 0.6) is 5.75 Å². The molecule has 106 valence electrons. The second kappa shape index (κ2) is 7.13. The predicted molar refractivity (Wildman–Crippen MR) is 78.3 cm³/mol. The highest BCUT2D eigenvalue weighted by Gasteiger charge is 2.14. The number of hydrogen-bond acceptors (Lipinski definition) is 1. The van der Waals surface area contributed by atoms with Crippen LogP contribution >= 0.6 is 11.6 Å². The number of halogens is 1. The molecule has 1 aromatic carbocycles. The molecule has 1 saturated heterocycles. The number of hydrogen-bond donors (Lipinski definition) is 2. The number of benzene rings is 1. The minimum Gasteiger partial charge on any atom is -0.493 e. The zero-order valence-electron chi connectivity index (χ0n) is 12.0. The second-order valence-corrected chi connectivity index (χ2v) is 5.82. The molecule has 0 saturated carbocycles. The number of ether oxygens (including phenoxy) is 1. The predicted octanol–water partition coefficient (Wildman–Crippen LogP) is 0.188. The highest BCUT2D eigenvalue weighted by molar-refractivity contribution is 6.32. The summed E-state index contributed by atoms with van der Waals surface area (Å²) in [6, 6.07) is 4.05. The third-order valence-electron chi connectivity index (χ3n) is 3.76. The Labute approximate surface area is 120 Å². The van der Waals surface area contributed by atoms with Gasteiger partial charge in [0.2, 0.25) is 0 Å². The summed E-state index contributed by atoms with van der Waals surface area (Å²) >= 11 is 6.15. The first-order valence-corrected chi connectivity index (χ1v) is 7.59. The van der Waals surface area contributed by atoms with Gasteiger partial charge >= 0.3 is 0 Å². The van der Waals surface area contributed by atoms with Crippen molar-refractivity contribution in [3.05, 3.63) is 28.3 Å². The molecule has 1 aliphatic rings. The second-order valence-electron chi connectivity index (χ2n) is 5.44. The Hall–Kier alpha value is -0.770. The van der Waals surface area contributed by atoms with Crippen LogP contribution in [-0.4, -0.2) is 39.3 Å². The molecule has 0 atom stereocenters. The summed E-state index contributed by atoms with van der Waals surface area (Å²) in [4.78, 5) is 1.72. The molecule has 4 heteroatoms. The Bertz CT molecular complexity index is 394. The number of nitrogens with two attached hydrogens (primary N) is 1. The van der Waals surface area contributed by atoms with Gasteiger partial charge in [-0.25, -0.2) is 0 Å². The molecule has 0 radical (unpaired) electrons. The Kier molecular flexibility index (Phi) is 5.49. The maximum atomic E-state index is 6.15. The molecule has 1 heterocycles. The lowest BCUT2D eigenvalue weighted by Crippen LogP contribution is -3.20. The van der Waals surface area contributed by atoms with E-state index in [1.165, 1.54) is 32.7 Å². The highest BCUT2D eigenvalue weighted by atomic mass is 35.5. The van der Waals surface area contributed by atoms with E-state index in [1.807, 2.05) is 26.0 Å². The zero-order valence-corrected chi connectivity index (χ0v) is 12.7. The van der Waals surface area contributed by atoms with Crippen molar-refractivity contribution in [2.75, 3.05) is 39.3 Å². The van der Waals surface area contributed by atoms with Crippen LogP contribution in [0.1, 0.15) is 17.5 Å². The molecular formula is C15H25ClN2O+2. The van der Waals surface area contributed by atoms with Crippen LogP contribution in [0.4, 0.5) is 0 Å². The molecule has 1 aromatic rings. The molecule has 0 spiro atoms. The smallest absolute Gasteiger partial charge is 0.127 e. The van der Waals surface area contributed by atoms with E-state index in [0.717, 1.165) is 34.9 Å². The van der Waals surface area contributed by atoms with Crippen LogP contribution in [0.3, 0.4) is 0 Å². The minimum absolute atomic E-state index is 0.799. The maximum absolute atomic E-state index is 6.15. The van der Waals surface area contributed by atoms with Gasteiger partial charge in [-0.1, -0.05) is 11.6 Å². The molecule has 0 aromatic heterocycles. The van der Waals surface area contributed by atoms with Crippen molar-refractivity contribution < 1.29 is 15.0 Å². The first-order valence-electron chi connectivity index (χ1n) is 7.21. The van der Waals surface area contributed by atoms with E-state index in [1.54, 1.807) is 4.90 Å². The van der Waals surface area contributed by atoms with Crippen LogP contribution in [0.2, 0.25) is 5.02 Å². The fourth-order valence-corrected chi connectivity index (χ4v) is 2.74. The molecule has 0 amide bonds. The van der Waals surface area contributed by atoms with Gasteiger partial charge in [-0.3, -0.25) is 0 Å². The fraction of sp³-hybridized carbons (Fsp3) is 0.600. The minimum atomic E-state index is 0.799. The van der Waals surface area contributed by atoms with E-state index < -0.39 is 0 Å². The zero-order chi connectivity index (χ0) is 13.7. The summed E-state index contributed by atoms with van der Waals surface area (Å²) in [5, 5.41) is 3.25. The number of nitrogens with one attached hydrogen (secondary N) is 1. The number of quaternary nitrogens is 2. The van der Waals surface area contributed by atoms with E-state index in [9.17, 15) is 0 Å². The van der Waals surface area contributed by atoms with E-state index >= 15 is 0 Å². The third kappa shape index (κ3) is 4.37. The quantitative estimate of drug-likeness (QED) is 0.743. The molecule has 19 heavy (non-hydrogen) atoms. The molecule has 3 nitrogen and oxygen atoms in total. The average molecular weight is 285 g/mol. The van der Waals surface area contributed by atoms with Crippen LogP contribution in [-0.2, 0) is 0 Å². The van der Waals surface area contributed by atoms with Crippen molar-refractivity contribution in [2.45, 2.75) is 20.3 Å². The van der Waals surface area contributed by atoms with Gasteiger partial charge in [-0.05, 0) is 37.1 Å². The van der Waals surface area contributed by atoms with E-state index in [4.69, 9.17) is 16.3 Å². The fourth-order valence-electron chi connectivity index (χ4n) is 2.63. The van der Waals surface area contributed by atoms with E-state index in [-0.39, 0.29) is 0 Å². The molecule has 1 fully saturated rings. The molecular weight excluding hydrogens is 260 g/mol. The van der Waals surface area contributed by atoms with Gasteiger partial charge in [0.25, 0.3) is 0 Å². The highest BCUT2D eigenvalue weighted by Crippen LogP contribution is 2.25. The van der Waals surface area contributed by atoms with Gasteiger partial charge in [0.1, 0.15) is 31.9 Å². The number of rotatable bonds is 5. The first-order chi connectivity index (χ1) is 9.16. The van der Waals surface area contributed by atoms with Crippen LogP contribution in [0, 0.1) is 13.8 Å². The van der Waals surface area contributed by atoms with Gasteiger partial charge in [0, 0.05) is 11.4 Å². The Morgan fingerprint density at radius 1 is 1.21 bits per heavy atom. The standard InChI is InChI=1S/C15H23ClN2O/c1-12-10-14(11-13(2)15(12)16)19-9-3-6-18-7-4-17-5-8-18/h10-11,17H,3-9H2,1-2H3/p+2. The topological polar surface area (TPSA) is 30.3 Å². The third-order valence-corrected chi connectivity index (χ3v) is 4.35. The molecule has 0 aliphatic carbocycles. The normalized spacial score (nSPS) is 16.6. The van der Waals surface area contributed by atoms with Crippen molar-refractivity contribution in [1.82, 2.24) is 0 Å². The lowest BCUT2D eigenvalue weighted by atomic mass is 10.1. The maximum Gasteiger partial charge on any atom is 0.127 e. The lowest BCUT2D eigenvalue weighted by molar-refractivity contribution is -0.946. The summed E-state index contributed by atoms with van der Waals surface area (Å²) in [5.41, 5.74) is 2.18. The average Bonchev–Trinajstić information content (AvgIpc) is 2.42. The number of piperazine rings is 1. The summed E-state index contributed by atoms with van der Waals surface area (Å²) in [5.74, 6) is 0.946. The van der Waals surface area contributed by atoms with E-state index in [0.29, 0.717) is 0 Å². The Morgan fingerprint density at radius 2 is 1.84 bits per heavy atom. The lowest BCUT2D eigenvalue weighted by Gasteiger charge is -2.22. The molecule has 3 N–H and O–H groups in total. The van der Waals surface area contributed by atoms with Gasteiger partial charge in [0.05, 0.1) is 13.2 Å². The van der Waals surface area contributed by atoms with Crippen molar-refractivity contribution in [3.63, 3.8) is 0 Å². The van der Waals surface area contributed by atoms with Gasteiger partial charge in [-0.15, -0.1) is 0 Å². The molecule has 1 aliphatic heterocycles. The van der Waals surface area contributed by atoms with Crippen LogP contribution in [0.25, 0.3) is 0 Å². The number of aryl methyl sites for hydroxylation is 2.